The SMILES string of the molecule is Cc1cc(F)ccc1C(=O)NCCCCCN. The lowest BCUT2D eigenvalue weighted by Crippen LogP contribution is -2.25. The number of benzene rings is 1. The number of carbonyl (C=O) groups excluding carboxylic acids is 1. The number of hydrogen-bond donors (Lipinski definition) is 2. The molecule has 3 nitrogen and oxygen atoms in total. The molecule has 0 atom stereocenters. The van der Waals surface area contributed by atoms with Gasteiger partial charge in [-0.3, -0.25) is 4.79 Å². The number of rotatable bonds is 6. The number of carbonyl (C=O) groups is 1. The maximum atomic E-state index is 12.9. The van der Waals surface area contributed by atoms with Gasteiger partial charge in [-0.1, -0.05) is 6.42 Å². The van der Waals surface area contributed by atoms with Crippen molar-refractivity contribution in [1.82, 2.24) is 5.32 Å². The van der Waals surface area contributed by atoms with Gasteiger partial charge in [0.1, 0.15) is 5.82 Å². The molecule has 0 aromatic heterocycles. The third kappa shape index (κ3) is 4.53. The lowest BCUT2D eigenvalue weighted by atomic mass is 10.1. The number of halogens is 1. The molecule has 0 aliphatic rings. The van der Waals surface area contributed by atoms with Crippen molar-refractivity contribution in [3.05, 3.63) is 35.1 Å². The first-order chi connectivity index (χ1) is 8.15. The van der Waals surface area contributed by atoms with E-state index < -0.39 is 0 Å². The molecule has 94 valence electrons. The number of nitrogens with one attached hydrogen (secondary N) is 1. The van der Waals surface area contributed by atoms with E-state index in [1.165, 1.54) is 18.2 Å². The molecule has 3 N–H and O–H groups in total. The van der Waals surface area contributed by atoms with Crippen LogP contribution in [-0.4, -0.2) is 19.0 Å². The van der Waals surface area contributed by atoms with Gasteiger partial charge >= 0.3 is 0 Å². The Labute approximate surface area is 101 Å². The van der Waals surface area contributed by atoms with E-state index in [1.807, 2.05) is 0 Å². The molecular formula is C13H19FN2O. The van der Waals surface area contributed by atoms with Crippen LogP contribution < -0.4 is 11.1 Å². The summed E-state index contributed by atoms with van der Waals surface area (Å²) < 4.78 is 12.9. The fourth-order valence-corrected chi connectivity index (χ4v) is 1.63. The third-order valence-corrected chi connectivity index (χ3v) is 2.60. The van der Waals surface area contributed by atoms with Crippen molar-refractivity contribution in [3.8, 4) is 0 Å². The molecule has 0 unspecified atom stereocenters. The monoisotopic (exact) mass is 238 g/mol. The average molecular weight is 238 g/mol. The second-order valence-electron chi connectivity index (χ2n) is 4.06. The zero-order chi connectivity index (χ0) is 12.7. The molecule has 0 saturated carbocycles. The van der Waals surface area contributed by atoms with Crippen molar-refractivity contribution in [2.45, 2.75) is 26.2 Å². The number of aryl methyl sites for hydroxylation is 1. The summed E-state index contributed by atoms with van der Waals surface area (Å²) in [5.41, 5.74) is 6.56. The molecule has 17 heavy (non-hydrogen) atoms. The topological polar surface area (TPSA) is 55.1 Å². The molecular weight excluding hydrogens is 219 g/mol. The summed E-state index contributed by atoms with van der Waals surface area (Å²) in [6.45, 7) is 3.05. The summed E-state index contributed by atoms with van der Waals surface area (Å²) in [7, 11) is 0. The van der Waals surface area contributed by atoms with Crippen LogP contribution in [0.1, 0.15) is 35.2 Å². The first kappa shape index (κ1) is 13.6. The van der Waals surface area contributed by atoms with E-state index in [2.05, 4.69) is 5.32 Å². The van der Waals surface area contributed by atoms with E-state index in [-0.39, 0.29) is 11.7 Å². The number of unbranched alkanes of at least 4 members (excludes halogenated alkanes) is 2. The van der Waals surface area contributed by atoms with Crippen molar-refractivity contribution in [2.75, 3.05) is 13.1 Å². The van der Waals surface area contributed by atoms with Gasteiger partial charge in [0.2, 0.25) is 0 Å². The first-order valence-electron chi connectivity index (χ1n) is 5.89. The van der Waals surface area contributed by atoms with Gasteiger partial charge < -0.3 is 11.1 Å². The standard InChI is InChI=1S/C13H19FN2O/c1-10-9-11(14)5-6-12(10)13(17)16-8-4-2-3-7-15/h5-6,9H,2-4,7-8,15H2,1H3,(H,16,17). The van der Waals surface area contributed by atoms with Gasteiger partial charge in [-0.2, -0.15) is 0 Å². The molecule has 1 aromatic carbocycles. The molecule has 0 aliphatic heterocycles. The number of hydrogen-bond acceptors (Lipinski definition) is 2. The highest BCUT2D eigenvalue weighted by Gasteiger charge is 2.08. The second kappa shape index (κ2) is 7.01. The van der Waals surface area contributed by atoms with Crippen LogP contribution in [0.2, 0.25) is 0 Å². The first-order valence-corrected chi connectivity index (χ1v) is 5.89. The highest BCUT2D eigenvalue weighted by Crippen LogP contribution is 2.09. The maximum absolute atomic E-state index is 12.9. The predicted octanol–water partition coefficient (Wildman–Crippen LogP) is 1.99. The van der Waals surface area contributed by atoms with Gasteiger partial charge in [0.05, 0.1) is 0 Å². The van der Waals surface area contributed by atoms with Crippen molar-refractivity contribution in [1.29, 1.82) is 0 Å². The highest BCUT2D eigenvalue weighted by molar-refractivity contribution is 5.95. The summed E-state index contributed by atoms with van der Waals surface area (Å²) in [6.07, 6.45) is 2.91. The number of nitrogens with two attached hydrogens (primary N) is 1. The molecule has 1 aromatic rings. The van der Waals surface area contributed by atoms with E-state index >= 15 is 0 Å². The van der Waals surface area contributed by atoms with Crippen molar-refractivity contribution < 1.29 is 9.18 Å². The van der Waals surface area contributed by atoms with Gasteiger partial charge in [-0.05, 0) is 50.1 Å². The number of amides is 1. The summed E-state index contributed by atoms with van der Waals surface area (Å²) in [5, 5.41) is 2.82. The van der Waals surface area contributed by atoms with Crippen LogP contribution in [0.5, 0.6) is 0 Å². The molecule has 0 spiro atoms. The molecule has 1 rings (SSSR count). The Bertz CT molecular complexity index is 380. The summed E-state index contributed by atoms with van der Waals surface area (Å²) in [6, 6.07) is 4.18. The van der Waals surface area contributed by atoms with Gasteiger partial charge in [-0.25, -0.2) is 4.39 Å². The smallest absolute Gasteiger partial charge is 0.251 e. The van der Waals surface area contributed by atoms with E-state index in [9.17, 15) is 9.18 Å². The minimum atomic E-state index is -0.318. The Morgan fingerprint density at radius 3 is 2.76 bits per heavy atom. The van der Waals surface area contributed by atoms with Crippen molar-refractivity contribution in [3.63, 3.8) is 0 Å². The maximum Gasteiger partial charge on any atom is 0.251 e. The molecule has 0 aliphatic carbocycles. The van der Waals surface area contributed by atoms with Crippen LogP contribution in [-0.2, 0) is 0 Å². The lowest BCUT2D eigenvalue weighted by Gasteiger charge is -2.07. The lowest BCUT2D eigenvalue weighted by molar-refractivity contribution is 0.0952. The Morgan fingerprint density at radius 2 is 2.12 bits per heavy atom. The molecule has 0 bridgehead atoms. The fraction of sp³-hybridized carbons (Fsp3) is 0.462. The molecule has 0 fully saturated rings. The minimum Gasteiger partial charge on any atom is -0.352 e. The second-order valence-corrected chi connectivity index (χ2v) is 4.06. The van der Waals surface area contributed by atoms with Gasteiger partial charge in [-0.15, -0.1) is 0 Å². The fourth-order valence-electron chi connectivity index (χ4n) is 1.63. The Morgan fingerprint density at radius 1 is 1.35 bits per heavy atom. The quantitative estimate of drug-likeness (QED) is 0.745. The molecule has 0 saturated heterocycles. The largest absolute Gasteiger partial charge is 0.352 e. The molecule has 0 heterocycles. The van der Waals surface area contributed by atoms with E-state index in [0.29, 0.717) is 24.2 Å². The minimum absolute atomic E-state index is 0.143. The van der Waals surface area contributed by atoms with Crippen LogP contribution in [0.25, 0.3) is 0 Å². The van der Waals surface area contributed by atoms with Crippen LogP contribution in [0.4, 0.5) is 4.39 Å². The normalized spacial score (nSPS) is 10.3. The molecule has 4 heteroatoms. The Hall–Kier alpha value is -1.42. The van der Waals surface area contributed by atoms with Crippen LogP contribution in [0.3, 0.4) is 0 Å². The van der Waals surface area contributed by atoms with Crippen molar-refractivity contribution in [2.24, 2.45) is 5.73 Å². The Balaban J connectivity index is 2.42. The zero-order valence-corrected chi connectivity index (χ0v) is 10.1. The van der Waals surface area contributed by atoms with E-state index in [1.54, 1.807) is 6.92 Å². The van der Waals surface area contributed by atoms with Gasteiger partial charge in [0, 0.05) is 12.1 Å². The van der Waals surface area contributed by atoms with Crippen LogP contribution >= 0.6 is 0 Å². The Kier molecular flexibility index (Phi) is 5.63. The van der Waals surface area contributed by atoms with Crippen LogP contribution in [0.15, 0.2) is 18.2 Å². The van der Waals surface area contributed by atoms with E-state index in [0.717, 1.165) is 19.3 Å². The van der Waals surface area contributed by atoms with E-state index in [4.69, 9.17) is 5.73 Å². The van der Waals surface area contributed by atoms with Crippen LogP contribution in [0, 0.1) is 12.7 Å². The zero-order valence-electron chi connectivity index (χ0n) is 10.1. The summed E-state index contributed by atoms with van der Waals surface area (Å²) >= 11 is 0. The summed E-state index contributed by atoms with van der Waals surface area (Å²) in [4.78, 5) is 11.8. The molecule has 0 radical (unpaired) electrons. The molecule has 1 amide bonds. The summed E-state index contributed by atoms with van der Waals surface area (Å²) in [5.74, 6) is -0.461. The highest BCUT2D eigenvalue weighted by atomic mass is 19.1. The third-order valence-electron chi connectivity index (χ3n) is 2.60. The predicted molar refractivity (Wildman–Crippen MR) is 66.4 cm³/mol. The van der Waals surface area contributed by atoms with Gasteiger partial charge in [0.15, 0.2) is 0 Å². The van der Waals surface area contributed by atoms with Gasteiger partial charge in [0.25, 0.3) is 5.91 Å². The average Bonchev–Trinajstić information content (AvgIpc) is 2.28. The van der Waals surface area contributed by atoms with Crippen molar-refractivity contribution >= 4 is 5.91 Å².